The second-order valence-electron chi connectivity index (χ2n) is 14.5. The minimum absolute atomic E-state index is 0.00833. The Morgan fingerprint density at radius 3 is 2.81 bits per heavy atom. The molecule has 3 amide bonds. The molecule has 0 spiro atoms. The summed E-state index contributed by atoms with van der Waals surface area (Å²) in [6.07, 6.45) is 14.3. The molecule has 2 aliphatic rings. The number of nitrogens with one attached hydrogen (secondary N) is 2. The summed E-state index contributed by atoms with van der Waals surface area (Å²) in [4.78, 5) is 67.8. The summed E-state index contributed by atoms with van der Waals surface area (Å²) in [6.45, 7) is 6.36. The molecule has 6 rings (SSSR count). The van der Waals surface area contributed by atoms with Crippen LogP contribution in [0.5, 0.6) is 0 Å². The largest absolute Gasteiger partial charge is 0.460 e. The molecular formula is C39H47FN10O7. The number of esters is 1. The maximum absolute atomic E-state index is 14.9. The highest BCUT2D eigenvalue weighted by Gasteiger charge is 2.39. The fraction of sp³-hybridized carbons (Fsp3) is 0.462. The standard InChI is InChI=1S/C39H47FN10O7/c1-24(2)37-26(17-35(53)43-12-15-49-22-30(46-47-49)29-21-48-14-11-41-33(48)20-44-29)8-9-34(52)42-10-4-6-25(3)16-28(51)18-27(40)19-36-45-31(23-56-36)38(54)50-13-5-7-32(50)39(55)57-37/h4,6,8-9,11,14,16,20-24,26-28,32,37,51H,5,7,10,12-13,15,17-19H2,1-3H3,(H,42,52)(H,43,53)/b6-4?,9-8+,25-16?/t26-,27+,28+,32+,37+/m0/s1. The predicted octanol–water partition coefficient (Wildman–Crippen LogP) is 2.79. The van der Waals surface area contributed by atoms with Crippen LogP contribution in [0.3, 0.4) is 0 Å². The Morgan fingerprint density at radius 2 is 1.98 bits per heavy atom. The highest BCUT2D eigenvalue weighted by molar-refractivity contribution is 5.95. The number of aromatic nitrogens is 7. The molecule has 17 nitrogen and oxygen atoms in total. The van der Waals surface area contributed by atoms with Gasteiger partial charge in [0, 0.05) is 57.0 Å². The number of carbonyl (C=O) groups is 4. The minimum Gasteiger partial charge on any atom is -0.460 e. The molecule has 5 atom stereocenters. The Balaban J connectivity index is 1.16. The zero-order valence-electron chi connectivity index (χ0n) is 32.0. The average molecular weight is 787 g/mol. The number of rotatable bonds is 7. The van der Waals surface area contributed by atoms with E-state index in [4.69, 9.17) is 9.15 Å². The van der Waals surface area contributed by atoms with Crippen LogP contribution in [0.1, 0.15) is 62.8 Å². The number of imidazole rings is 1. The number of oxazole rings is 1. The molecular weight excluding hydrogens is 739 g/mol. The molecule has 4 aromatic heterocycles. The van der Waals surface area contributed by atoms with Crippen LogP contribution in [0.2, 0.25) is 0 Å². The molecule has 1 saturated heterocycles. The molecule has 4 aromatic rings. The van der Waals surface area contributed by atoms with Gasteiger partial charge in [-0.2, -0.15) is 0 Å². The quantitative estimate of drug-likeness (QED) is 0.231. The number of nitrogens with zero attached hydrogens (tertiary/aromatic N) is 8. The first-order chi connectivity index (χ1) is 27.4. The van der Waals surface area contributed by atoms with Crippen molar-refractivity contribution in [2.24, 2.45) is 11.8 Å². The summed E-state index contributed by atoms with van der Waals surface area (Å²) in [5.41, 5.74) is 2.44. The summed E-state index contributed by atoms with van der Waals surface area (Å²) < 4.78 is 29.8. The molecule has 0 saturated carbocycles. The number of alkyl halides is 1. The Kier molecular flexibility index (Phi) is 13.3. The van der Waals surface area contributed by atoms with Gasteiger partial charge in [0.05, 0.1) is 31.5 Å². The fourth-order valence-electron chi connectivity index (χ4n) is 6.84. The van der Waals surface area contributed by atoms with Crippen LogP contribution < -0.4 is 10.6 Å². The number of cyclic esters (lactones) is 1. The van der Waals surface area contributed by atoms with Gasteiger partial charge in [0.15, 0.2) is 17.2 Å². The van der Waals surface area contributed by atoms with E-state index in [0.29, 0.717) is 42.0 Å². The van der Waals surface area contributed by atoms with Crippen molar-refractivity contribution in [2.75, 3.05) is 19.6 Å². The maximum atomic E-state index is 14.9. The number of ether oxygens (including phenoxy) is 1. The van der Waals surface area contributed by atoms with E-state index < -0.39 is 48.1 Å². The monoisotopic (exact) mass is 786 g/mol. The molecule has 0 aromatic carbocycles. The first-order valence-corrected chi connectivity index (χ1v) is 19.0. The number of hydrogen-bond donors (Lipinski definition) is 3. The topological polar surface area (TPSA) is 212 Å². The van der Waals surface area contributed by atoms with Gasteiger partial charge in [-0.15, -0.1) is 5.10 Å². The molecule has 1 fully saturated rings. The van der Waals surface area contributed by atoms with Crippen molar-refractivity contribution < 1.29 is 37.8 Å². The summed E-state index contributed by atoms with van der Waals surface area (Å²) in [6, 6.07) is -0.933. The van der Waals surface area contributed by atoms with Gasteiger partial charge in [0.25, 0.3) is 5.91 Å². The predicted molar refractivity (Wildman–Crippen MR) is 203 cm³/mol. The maximum Gasteiger partial charge on any atom is 0.329 e. The van der Waals surface area contributed by atoms with E-state index in [-0.39, 0.29) is 62.3 Å². The van der Waals surface area contributed by atoms with Crippen molar-refractivity contribution in [3.05, 3.63) is 84.8 Å². The number of amides is 3. The van der Waals surface area contributed by atoms with E-state index in [9.17, 15) is 28.7 Å². The van der Waals surface area contributed by atoms with Gasteiger partial charge >= 0.3 is 5.97 Å². The molecule has 0 aliphatic carbocycles. The third-order valence-corrected chi connectivity index (χ3v) is 9.67. The molecule has 2 bridgehead atoms. The van der Waals surface area contributed by atoms with Gasteiger partial charge in [0.2, 0.25) is 11.8 Å². The van der Waals surface area contributed by atoms with Crippen molar-refractivity contribution in [3.8, 4) is 11.4 Å². The molecule has 6 heterocycles. The lowest BCUT2D eigenvalue weighted by molar-refractivity contribution is -0.159. The molecule has 0 radical (unpaired) electrons. The molecule has 3 N–H and O–H groups in total. The zero-order chi connectivity index (χ0) is 40.5. The van der Waals surface area contributed by atoms with Crippen LogP contribution >= 0.6 is 0 Å². The van der Waals surface area contributed by atoms with Crippen molar-refractivity contribution in [2.45, 2.75) is 83.8 Å². The second-order valence-corrected chi connectivity index (χ2v) is 14.5. The lowest BCUT2D eigenvalue weighted by Crippen LogP contribution is -2.44. The minimum atomic E-state index is -1.50. The van der Waals surface area contributed by atoms with Gasteiger partial charge in [-0.3, -0.25) is 19.1 Å². The highest BCUT2D eigenvalue weighted by atomic mass is 19.1. The third-order valence-electron chi connectivity index (χ3n) is 9.67. The van der Waals surface area contributed by atoms with E-state index in [1.807, 2.05) is 18.2 Å². The Labute approximate surface area is 328 Å². The van der Waals surface area contributed by atoms with Crippen molar-refractivity contribution in [1.82, 2.24) is 49.9 Å². The number of hydrogen-bond acceptors (Lipinski definition) is 12. The van der Waals surface area contributed by atoms with Crippen molar-refractivity contribution in [1.29, 1.82) is 0 Å². The number of aliphatic hydroxyl groups is 1. The van der Waals surface area contributed by atoms with E-state index >= 15 is 0 Å². The van der Waals surface area contributed by atoms with Crippen molar-refractivity contribution >= 4 is 29.3 Å². The Bertz CT molecular complexity index is 2140. The molecule has 302 valence electrons. The van der Waals surface area contributed by atoms with Gasteiger partial charge < -0.3 is 34.2 Å². The number of fused-ring (bicyclic) bond motifs is 4. The second kappa shape index (κ2) is 18.7. The van der Waals surface area contributed by atoms with Crippen LogP contribution in [0.15, 0.2) is 77.6 Å². The van der Waals surface area contributed by atoms with E-state index in [0.717, 1.165) is 6.26 Å². The Morgan fingerprint density at radius 1 is 1.14 bits per heavy atom. The summed E-state index contributed by atoms with van der Waals surface area (Å²) in [5.74, 6) is -3.02. The van der Waals surface area contributed by atoms with Gasteiger partial charge in [-0.05, 0) is 31.8 Å². The average Bonchev–Trinajstić information content (AvgIpc) is 4.01. The van der Waals surface area contributed by atoms with E-state index in [1.165, 1.54) is 17.1 Å². The Hall–Kier alpha value is -6.04. The first-order valence-electron chi connectivity index (χ1n) is 19.0. The molecule has 0 unspecified atom stereocenters. The van der Waals surface area contributed by atoms with Crippen LogP contribution in [0.4, 0.5) is 4.39 Å². The van der Waals surface area contributed by atoms with Crippen LogP contribution in [0.25, 0.3) is 17.0 Å². The number of allylic oxidation sites excluding steroid dienone is 2. The van der Waals surface area contributed by atoms with E-state index in [1.54, 1.807) is 60.8 Å². The van der Waals surface area contributed by atoms with Crippen LogP contribution in [-0.4, -0.2) is 112 Å². The van der Waals surface area contributed by atoms with Gasteiger partial charge in [-0.1, -0.05) is 48.9 Å². The fourth-order valence-corrected chi connectivity index (χ4v) is 6.84. The summed E-state index contributed by atoms with van der Waals surface area (Å²) in [7, 11) is 0. The van der Waals surface area contributed by atoms with Gasteiger partial charge in [0.1, 0.15) is 36.0 Å². The van der Waals surface area contributed by atoms with Crippen molar-refractivity contribution in [3.63, 3.8) is 0 Å². The summed E-state index contributed by atoms with van der Waals surface area (Å²) >= 11 is 0. The van der Waals surface area contributed by atoms with E-state index in [2.05, 4.69) is 35.9 Å². The number of aliphatic hydroxyl groups excluding tert-OH is 1. The lowest BCUT2D eigenvalue weighted by Gasteiger charge is -2.30. The molecule has 2 aliphatic heterocycles. The molecule has 18 heteroatoms. The highest BCUT2D eigenvalue weighted by Crippen LogP contribution is 2.27. The first kappa shape index (κ1) is 40.6. The number of carbonyl (C=O) groups excluding carboxylic acids is 4. The lowest BCUT2D eigenvalue weighted by atomic mass is 9.89. The van der Waals surface area contributed by atoms with Crippen LogP contribution in [-0.2, 0) is 32.1 Å². The smallest absolute Gasteiger partial charge is 0.329 e. The normalized spacial score (nSPS) is 23.5. The SMILES string of the molecule is CC1=C[C@@H](O)C[C@@H](F)Cc2nc(co2)C(=O)N2CCC[C@@H]2C(=O)O[C@H](C(C)C)[C@H](CC(=O)NCCn2cc(-c3cn4ccnc4cn3)nn2)/C=C/C(=O)NCC=C1. The van der Waals surface area contributed by atoms with Crippen LogP contribution in [0, 0.1) is 11.8 Å². The molecule has 57 heavy (non-hydrogen) atoms. The third kappa shape index (κ3) is 10.8. The summed E-state index contributed by atoms with van der Waals surface area (Å²) in [5, 5.41) is 24.4. The van der Waals surface area contributed by atoms with Gasteiger partial charge in [-0.25, -0.2) is 24.1 Å². The number of halogens is 1. The zero-order valence-corrected chi connectivity index (χ0v) is 32.0.